The second-order valence-electron chi connectivity index (χ2n) is 6.50. The third kappa shape index (κ3) is 8.31. The Morgan fingerprint density at radius 3 is 2.52 bits per heavy atom. The molecule has 2 N–H and O–H groups in total. The predicted octanol–water partition coefficient (Wildman–Crippen LogP) is 1.85. The van der Waals surface area contributed by atoms with Crippen LogP contribution in [-0.4, -0.2) is 46.4 Å². The summed E-state index contributed by atoms with van der Waals surface area (Å²) in [6, 6.07) is 4.08. The second-order valence-corrected chi connectivity index (χ2v) is 8.64. The molecule has 0 fully saturated rings. The summed E-state index contributed by atoms with van der Waals surface area (Å²) in [5.41, 5.74) is 0.741. The predicted molar refractivity (Wildman–Crippen MR) is 98.9 cm³/mol. The largest absolute Gasteiger partial charge is 0.377 e. The highest BCUT2D eigenvalue weighted by molar-refractivity contribution is 7.89. The van der Waals surface area contributed by atoms with Gasteiger partial charge in [0.1, 0.15) is 5.82 Å². The van der Waals surface area contributed by atoms with Crippen molar-refractivity contribution < 1.29 is 17.5 Å². The summed E-state index contributed by atoms with van der Waals surface area (Å²) < 4.78 is 42.0. The summed E-state index contributed by atoms with van der Waals surface area (Å²) in [6.45, 7) is 7.20. The third-order valence-electron chi connectivity index (χ3n) is 3.57. The van der Waals surface area contributed by atoms with Crippen molar-refractivity contribution in [2.45, 2.75) is 38.7 Å². The fraction of sp³-hybridized carbons (Fsp3) is 0.588. The molecular formula is C17H28FN3O3S. The molecule has 0 aliphatic heterocycles. The van der Waals surface area contributed by atoms with Crippen molar-refractivity contribution in [1.82, 2.24) is 10.6 Å². The van der Waals surface area contributed by atoms with Gasteiger partial charge in [-0.15, -0.1) is 0 Å². The fourth-order valence-electron chi connectivity index (χ4n) is 2.04. The molecule has 0 atom stereocenters. The van der Waals surface area contributed by atoms with Crippen molar-refractivity contribution >= 4 is 15.8 Å². The lowest BCUT2D eigenvalue weighted by Gasteiger charge is -2.24. The molecule has 0 spiro atoms. The number of hydrogen-bond donors (Lipinski definition) is 2. The molecular weight excluding hydrogens is 345 g/mol. The molecule has 25 heavy (non-hydrogen) atoms. The van der Waals surface area contributed by atoms with E-state index in [-0.39, 0.29) is 17.9 Å². The van der Waals surface area contributed by atoms with Crippen LogP contribution < -0.4 is 10.6 Å². The first kappa shape index (κ1) is 21.4. The van der Waals surface area contributed by atoms with Gasteiger partial charge >= 0.3 is 0 Å². The van der Waals surface area contributed by atoms with Gasteiger partial charge in [-0.1, -0.05) is 6.07 Å². The summed E-state index contributed by atoms with van der Waals surface area (Å²) in [7, 11) is -1.58. The van der Waals surface area contributed by atoms with E-state index in [1.165, 1.54) is 18.2 Å². The van der Waals surface area contributed by atoms with Crippen LogP contribution in [0.15, 0.2) is 23.2 Å². The number of guanidine groups is 1. The molecule has 0 radical (unpaired) electrons. The molecule has 6 nitrogen and oxygen atoms in total. The van der Waals surface area contributed by atoms with Crippen LogP contribution in [0.4, 0.5) is 4.39 Å². The number of benzene rings is 1. The molecule has 0 aliphatic carbocycles. The normalized spacial score (nSPS) is 13.0. The molecule has 8 heteroatoms. The second kappa shape index (κ2) is 9.15. The van der Waals surface area contributed by atoms with E-state index in [2.05, 4.69) is 15.6 Å². The number of hydrogen-bond acceptors (Lipinski definition) is 4. The molecule has 1 aromatic carbocycles. The maximum Gasteiger partial charge on any atom is 0.191 e. The Kier molecular flexibility index (Phi) is 7.82. The van der Waals surface area contributed by atoms with Crippen LogP contribution in [0.2, 0.25) is 0 Å². The van der Waals surface area contributed by atoms with Crippen LogP contribution >= 0.6 is 0 Å². The molecule has 0 bridgehead atoms. The third-order valence-corrected chi connectivity index (χ3v) is 4.41. The van der Waals surface area contributed by atoms with Gasteiger partial charge in [-0.2, -0.15) is 0 Å². The summed E-state index contributed by atoms with van der Waals surface area (Å²) in [6.07, 6.45) is 1.15. The Morgan fingerprint density at radius 2 is 1.96 bits per heavy atom. The molecule has 1 rings (SSSR count). The molecule has 0 aromatic heterocycles. The zero-order valence-electron chi connectivity index (χ0n) is 15.5. The Morgan fingerprint density at radius 1 is 1.28 bits per heavy atom. The lowest BCUT2D eigenvalue weighted by atomic mass is 10.1. The van der Waals surface area contributed by atoms with Crippen LogP contribution in [-0.2, 0) is 26.9 Å². The number of aliphatic imine (C=N–C) groups is 1. The van der Waals surface area contributed by atoms with Crippen LogP contribution in [0.5, 0.6) is 0 Å². The van der Waals surface area contributed by atoms with Gasteiger partial charge in [0.2, 0.25) is 0 Å². The lowest BCUT2D eigenvalue weighted by molar-refractivity contribution is 0.0268. The summed E-state index contributed by atoms with van der Waals surface area (Å²) in [5, 5.41) is 6.27. The van der Waals surface area contributed by atoms with Crippen molar-refractivity contribution in [2.24, 2.45) is 4.99 Å². The van der Waals surface area contributed by atoms with E-state index >= 15 is 0 Å². The Labute approximate surface area is 149 Å². The van der Waals surface area contributed by atoms with Crippen molar-refractivity contribution in [3.05, 3.63) is 35.1 Å². The Hall–Kier alpha value is -1.67. The van der Waals surface area contributed by atoms with E-state index < -0.39 is 15.7 Å². The highest BCUT2D eigenvalue weighted by Crippen LogP contribution is 2.15. The molecule has 0 heterocycles. The SMILES string of the molecule is CCNC(=NCc1cc(F)ccc1CS(C)(=O)=O)NCC(C)(C)OC. The quantitative estimate of drug-likeness (QED) is 0.537. The minimum atomic E-state index is -3.21. The number of sulfone groups is 1. The van der Waals surface area contributed by atoms with E-state index in [0.717, 1.165) is 6.26 Å². The number of nitrogens with zero attached hydrogens (tertiary/aromatic N) is 1. The standard InChI is InChI=1S/C17H28FN3O3S/c1-6-19-16(21-12-17(2,3)24-4)20-10-14-9-15(18)8-7-13(14)11-25(5,22)23/h7-9H,6,10-12H2,1-5H3,(H2,19,20,21). The lowest BCUT2D eigenvalue weighted by Crippen LogP contribution is -2.45. The molecule has 0 amide bonds. The van der Waals surface area contributed by atoms with Gasteiger partial charge in [0.15, 0.2) is 15.8 Å². The molecule has 142 valence electrons. The van der Waals surface area contributed by atoms with E-state index in [0.29, 0.717) is 30.2 Å². The van der Waals surface area contributed by atoms with Crippen LogP contribution in [0.1, 0.15) is 31.9 Å². The van der Waals surface area contributed by atoms with Crippen molar-refractivity contribution in [3.8, 4) is 0 Å². The van der Waals surface area contributed by atoms with Gasteiger partial charge in [-0.3, -0.25) is 0 Å². The van der Waals surface area contributed by atoms with Gasteiger partial charge in [0.05, 0.1) is 17.9 Å². The van der Waals surface area contributed by atoms with E-state index in [1.54, 1.807) is 7.11 Å². The Balaban J connectivity index is 2.96. The average molecular weight is 373 g/mol. The number of rotatable bonds is 8. The number of nitrogens with one attached hydrogen (secondary N) is 2. The number of ether oxygens (including phenoxy) is 1. The average Bonchev–Trinajstić information content (AvgIpc) is 2.51. The van der Waals surface area contributed by atoms with Gasteiger partial charge in [0, 0.05) is 26.5 Å². The summed E-state index contributed by atoms with van der Waals surface area (Å²) in [4.78, 5) is 4.43. The monoisotopic (exact) mass is 373 g/mol. The maximum absolute atomic E-state index is 13.6. The zero-order valence-corrected chi connectivity index (χ0v) is 16.3. The topological polar surface area (TPSA) is 79.8 Å². The zero-order chi connectivity index (χ0) is 19.1. The van der Waals surface area contributed by atoms with E-state index in [4.69, 9.17) is 4.74 Å². The fourth-order valence-corrected chi connectivity index (χ4v) is 2.89. The van der Waals surface area contributed by atoms with Crippen LogP contribution in [0.3, 0.4) is 0 Å². The van der Waals surface area contributed by atoms with Crippen molar-refractivity contribution in [2.75, 3.05) is 26.5 Å². The maximum atomic E-state index is 13.6. The van der Waals surface area contributed by atoms with Crippen LogP contribution in [0, 0.1) is 5.82 Å². The van der Waals surface area contributed by atoms with Gasteiger partial charge in [-0.25, -0.2) is 17.8 Å². The molecule has 0 saturated heterocycles. The highest BCUT2D eigenvalue weighted by atomic mass is 32.2. The molecule has 0 unspecified atom stereocenters. The van der Waals surface area contributed by atoms with E-state index in [1.807, 2.05) is 20.8 Å². The molecule has 0 aliphatic rings. The Bertz CT molecular complexity index is 703. The van der Waals surface area contributed by atoms with Gasteiger partial charge in [-0.05, 0) is 44.0 Å². The molecule has 1 aromatic rings. The first-order chi connectivity index (χ1) is 11.6. The van der Waals surface area contributed by atoms with Crippen LogP contribution in [0.25, 0.3) is 0 Å². The van der Waals surface area contributed by atoms with Crippen molar-refractivity contribution in [1.29, 1.82) is 0 Å². The molecule has 0 saturated carbocycles. The first-order valence-electron chi connectivity index (χ1n) is 8.08. The number of methoxy groups -OCH3 is 1. The van der Waals surface area contributed by atoms with Gasteiger partial charge < -0.3 is 15.4 Å². The summed E-state index contributed by atoms with van der Waals surface area (Å²) in [5.74, 6) is 0.00170. The van der Waals surface area contributed by atoms with E-state index in [9.17, 15) is 12.8 Å². The highest BCUT2D eigenvalue weighted by Gasteiger charge is 2.16. The number of halogens is 1. The first-order valence-corrected chi connectivity index (χ1v) is 10.1. The minimum absolute atomic E-state index is 0.140. The summed E-state index contributed by atoms with van der Waals surface area (Å²) >= 11 is 0. The smallest absolute Gasteiger partial charge is 0.191 e. The van der Waals surface area contributed by atoms with Crippen molar-refractivity contribution in [3.63, 3.8) is 0 Å². The minimum Gasteiger partial charge on any atom is -0.377 e. The van der Waals surface area contributed by atoms with Gasteiger partial charge in [0.25, 0.3) is 0 Å².